The molecule has 218 valence electrons. The predicted molar refractivity (Wildman–Crippen MR) is 207 cm³/mol. The Morgan fingerprint density at radius 2 is 1.02 bits per heavy atom. The van der Waals surface area contributed by atoms with Crippen LogP contribution in [-0.2, 0) is 0 Å². The number of benzene rings is 8. The highest BCUT2D eigenvalue weighted by Crippen LogP contribution is 2.47. The second kappa shape index (κ2) is 9.52. The van der Waals surface area contributed by atoms with Gasteiger partial charge in [0, 0.05) is 62.4 Å². The van der Waals surface area contributed by atoms with Crippen LogP contribution in [0, 0.1) is 0 Å². The first-order valence-corrected chi connectivity index (χ1v) is 17.6. The van der Waals surface area contributed by atoms with Gasteiger partial charge in [0.1, 0.15) is 0 Å². The number of aromatic nitrogens is 1. The third-order valence-electron chi connectivity index (χ3n) is 9.95. The second-order valence-electron chi connectivity index (χ2n) is 12.5. The molecule has 11 aromatic rings. The highest BCUT2D eigenvalue weighted by atomic mass is 32.1. The summed E-state index contributed by atoms with van der Waals surface area (Å²) in [7, 11) is 0. The first kappa shape index (κ1) is 25.7. The third-order valence-corrected chi connectivity index (χ3v) is 12.3. The van der Waals surface area contributed by atoms with Crippen molar-refractivity contribution in [1.82, 2.24) is 4.57 Å². The molecule has 0 aliphatic carbocycles. The Morgan fingerprint density at radius 3 is 1.87 bits per heavy atom. The minimum atomic E-state index is 1.18. The summed E-state index contributed by atoms with van der Waals surface area (Å²) < 4.78 is 7.80. The molecule has 3 heterocycles. The Morgan fingerprint density at radius 1 is 0.340 bits per heavy atom. The van der Waals surface area contributed by atoms with Crippen molar-refractivity contribution in [3.05, 3.63) is 152 Å². The molecular formula is C44H25NS2. The first-order valence-electron chi connectivity index (χ1n) is 16.0. The van der Waals surface area contributed by atoms with Gasteiger partial charge in [-0.1, -0.05) is 91.0 Å². The van der Waals surface area contributed by atoms with Crippen molar-refractivity contribution in [3.63, 3.8) is 0 Å². The lowest BCUT2D eigenvalue weighted by atomic mass is 9.91. The van der Waals surface area contributed by atoms with Crippen molar-refractivity contribution in [1.29, 1.82) is 0 Å². The zero-order chi connectivity index (χ0) is 30.6. The van der Waals surface area contributed by atoms with Gasteiger partial charge in [-0.25, -0.2) is 0 Å². The zero-order valence-electron chi connectivity index (χ0n) is 25.2. The summed E-state index contributed by atoms with van der Waals surface area (Å²) in [5.74, 6) is 0. The van der Waals surface area contributed by atoms with Crippen LogP contribution in [0.2, 0.25) is 0 Å². The topological polar surface area (TPSA) is 4.93 Å². The van der Waals surface area contributed by atoms with Crippen LogP contribution in [-0.4, -0.2) is 4.57 Å². The number of nitrogens with zero attached hydrogens (tertiary/aromatic N) is 1. The molecule has 0 radical (unpaired) electrons. The van der Waals surface area contributed by atoms with Gasteiger partial charge in [0.25, 0.3) is 0 Å². The van der Waals surface area contributed by atoms with Gasteiger partial charge in [-0.2, -0.15) is 0 Å². The van der Waals surface area contributed by atoms with E-state index < -0.39 is 0 Å². The van der Waals surface area contributed by atoms with Crippen LogP contribution in [0.25, 0.3) is 101 Å². The standard InChI is InChI=1S/C44H25NS2/c1-2-11-27(12-3-1)45-39-18-7-4-13-28(39)37-24-35-33-23-38-30-15-6-8-19-41(30)46-43(38)22-26(33)21-34(36(35)25-40(37)45)32-17-10-16-31-29-14-5-9-20-42(29)47-44(31)32/h1-25H. The Bertz CT molecular complexity index is 3070. The maximum atomic E-state index is 2.48. The summed E-state index contributed by atoms with van der Waals surface area (Å²) in [6.07, 6.45) is 0. The highest BCUT2D eigenvalue weighted by Gasteiger charge is 2.19. The van der Waals surface area contributed by atoms with Crippen molar-refractivity contribution in [2.75, 3.05) is 0 Å². The molecule has 0 aliphatic heterocycles. The molecule has 0 saturated carbocycles. The van der Waals surface area contributed by atoms with Crippen LogP contribution < -0.4 is 0 Å². The monoisotopic (exact) mass is 631 g/mol. The number of fused-ring (bicyclic) bond motifs is 12. The Labute approximate surface area is 278 Å². The molecule has 3 aromatic heterocycles. The summed E-state index contributed by atoms with van der Waals surface area (Å²) >= 11 is 3.80. The van der Waals surface area contributed by atoms with Gasteiger partial charge in [-0.3, -0.25) is 0 Å². The molecule has 0 saturated heterocycles. The van der Waals surface area contributed by atoms with E-state index in [-0.39, 0.29) is 0 Å². The number of hydrogen-bond acceptors (Lipinski definition) is 2. The van der Waals surface area contributed by atoms with E-state index in [0.717, 1.165) is 0 Å². The van der Waals surface area contributed by atoms with Crippen LogP contribution >= 0.6 is 22.7 Å². The van der Waals surface area contributed by atoms with Crippen molar-refractivity contribution in [2.24, 2.45) is 0 Å². The normalized spacial score (nSPS) is 12.3. The fraction of sp³-hybridized carbons (Fsp3) is 0. The van der Waals surface area contributed by atoms with Gasteiger partial charge in [-0.15, -0.1) is 22.7 Å². The van der Waals surface area contributed by atoms with E-state index in [4.69, 9.17) is 0 Å². The fourth-order valence-corrected chi connectivity index (χ4v) is 10.2. The van der Waals surface area contributed by atoms with Gasteiger partial charge >= 0.3 is 0 Å². The van der Waals surface area contributed by atoms with Gasteiger partial charge in [0.05, 0.1) is 11.0 Å². The lowest BCUT2D eigenvalue weighted by molar-refractivity contribution is 1.18. The van der Waals surface area contributed by atoms with E-state index in [2.05, 4.69) is 156 Å². The summed E-state index contributed by atoms with van der Waals surface area (Å²) in [4.78, 5) is 0. The molecule has 0 amide bonds. The number of hydrogen-bond donors (Lipinski definition) is 0. The molecule has 1 nitrogen and oxygen atoms in total. The Hall–Kier alpha value is -5.48. The van der Waals surface area contributed by atoms with Crippen molar-refractivity contribution >= 4 is 106 Å². The maximum absolute atomic E-state index is 2.48. The molecule has 0 N–H and O–H groups in total. The van der Waals surface area contributed by atoms with Gasteiger partial charge in [0.2, 0.25) is 0 Å². The summed E-state index contributed by atoms with van der Waals surface area (Å²) in [6.45, 7) is 0. The molecule has 0 aliphatic rings. The molecule has 3 heteroatoms. The number of thiophene rings is 2. The van der Waals surface area contributed by atoms with E-state index >= 15 is 0 Å². The third kappa shape index (κ3) is 3.58. The number of para-hydroxylation sites is 2. The molecule has 0 unspecified atom stereocenters. The molecule has 8 aromatic carbocycles. The van der Waals surface area contributed by atoms with Crippen LogP contribution in [0.3, 0.4) is 0 Å². The van der Waals surface area contributed by atoms with Crippen LogP contribution in [0.4, 0.5) is 0 Å². The molecular weight excluding hydrogens is 607 g/mol. The largest absolute Gasteiger partial charge is 0.309 e. The molecule has 0 fully saturated rings. The summed E-state index contributed by atoms with van der Waals surface area (Å²) in [5.41, 5.74) is 6.23. The van der Waals surface area contributed by atoms with E-state index in [1.807, 2.05) is 22.7 Å². The second-order valence-corrected chi connectivity index (χ2v) is 14.6. The fourth-order valence-electron chi connectivity index (χ4n) is 7.87. The first-order chi connectivity index (χ1) is 23.3. The molecule has 11 rings (SSSR count). The highest BCUT2D eigenvalue weighted by molar-refractivity contribution is 7.26. The lowest BCUT2D eigenvalue weighted by Gasteiger charge is -2.14. The maximum Gasteiger partial charge on any atom is 0.0547 e. The van der Waals surface area contributed by atoms with Crippen LogP contribution in [0.1, 0.15) is 0 Å². The van der Waals surface area contributed by atoms with Crippen LogP contribution in [0.5, 0.6) is 0 Å². The van der Waals surface area contributed by atoms with Gasteiger partial charge in [-0.05, 0) is 87.8 Å². The van der Waals surface area contributed by atoms with E-state index in [9.17, 15) is 0 Å². The molecule has 0 atom stereocenters. The van der Waals surface area contributed by atoms with E-state index in [1.165, 1.54) is 101 Å². The smallest absolute Gasteiger partial charge is 0.0547 e. The molecule has 0 spiro atoms. The minimum absolute atomic E-state index is 1.18. The Kier molecular flexibility index (Phi) is 5.20. The van der Waals surface area contributed by atoms with Gasteiger partial charge in [0.15, 0.2) is 0 Å². The summed E-state index contributed by atoms with van der Waals surface area (Å²) in [5, 5.41) is 13.1. The quantitative estimate of drug-likeness (QED) is 0.167. The van der Waals surface area contributed by atoms with E-state index in [1.54, 1.807) is 0 Å². The van der Waals surface area contributed by atoms with Gasteiger partial charge < -0.3 is 4.57 Å². The van der Waals surface area contributed by atoms with Crippen molar-refractivity contribution in [2.45, 2.75) is 0 Å². The molecule has 47 heavy (non-hydrogen) atoms. The lowest BCUT2D eigenvalue weighted by Crippen LogP contribution is -1.93. The van der Waals surface area contributed by atoms with Crippen molar-refractivity contribution < 1.29 is 0 Å². The average Bonchev–Trinajstić information content (AvgIpc) is 3.79. The van der Waals surface area contributed by atoms with E-state index in [0.29, 0.717) is 0 Å². The molecule has 0 bridgehead atoms. The zero-order valence-corrected chi connectivity index (χ0v) is 26.8. The SMILES string of the molecule is c1ccc(-n2c3ccccc3c3cc4c(cc32)c(-c2cccc3c2sc2ccccc23)cc2cc3sc5ccccc5c3cc24)cc1. The predicted octanol–water partition coefficient (Wildman–Crippen LogP) is 13.5. The van der Waals surface area contributed by atoms with Crippen LogP contribution in [0.15, 0.2) is 152 Å². The minimum Gasteiger partial charge on any atom is -0.309 e. The average molecular weight is 632 g/mol. The summed E-state index contributed by atoms with van der Waals surface area (Å²) in [6, 6.07) is 56.4. The van der Waals surface area contributed by atoms with Crippen molar-refractivity contribution in [3.8, 4) is 16.8 Å². The number of rotatable bonds is 2. The Balaban J connectivity index is 1.35.